The molecule has 0 spiro atoms. The Morgan fingerprint density at radius 1 is 1.27 bits per heavy atom. The van der Waals surface area contributed by atoms with Crippen LogP contribution >= 0.6 is 0 Å². The number of carbonyl (C=O) groups excluding carboxylic acids is 3. The number of esters is 1. The van der Waals surface area contributed by atoms with E-state index >= 15 is 0 Å². The summed E-state index contributed by atoms with van der Waals surface area (Å²) in [5, 5.41) is 10.6. The molecule has 2 amide bonds. The van der Waals surface area contributed by atoms with Gasteiger partial charge in [0.2, 0.25) is 0 Å². The highest BCUT2D eigenvalue weighted by molar-refractivity contribution is 5.89. The Labute approximate surface area is 193 Å². The molecule has 2 aliphatic rings. The predicted octanol–water partition coefficient (Wildman–Crippen LogP) is 0.668. The standard InChI is InChI=1S/C22H33N5O6/c1-22(2,3)33-21(31)26-12-18(20(30)32-4)27(19(29)13-26)24-15-6-9-25(10-7-15)17-5-8-23-16(11-17)14-28/h5,8,11,15,18,24,28H,6-7,9-10,12-14H2,1-4H3. The molecule has 1 aromatic heterocycles. The zero-order chi connectivity index (χ0) is 24.2. The lowest BCUT2D eigenvalue weighted by molar-refractivity contribution is -0.162. The number of carbonyl (C=O) groups is 3. The molecule has 1 unspecified atom stereocenters. The Morgan fingerprint density at radius 2 is 1.97 bits per heavy atom. The molecule has 0 aliphatic carbocycles. The van der Waals surface area contributed by atoms with Crippen LogP contribution < -0.4 is 10.3 Å². The zero-order valence-electron chi connectivity index (χ0n) is 19.6. The highest BCUT2D eigenvalue weighted by Gasteiger charge is 2.42. The molecule has 11 nitrogen and oxygen atoms in total. The highest BCUT2D eigenvalue weighted by atomic mass is 16.6. The van der Waals surface area contributed by atoms with Crippen LogP contribution in [0.5, 0.6) is 0 Å². The normalized spacial score (nSPS) is 20.1. The Morgan fingerprint density at radius 3 is 2.58 bits per heavy atom. The molecule has 0 aromatic carbocycles. The first-order valence-electron chi connectivity index (χ1n) is 11.1. The molecular formula is C22H33N5O6. The van der Waals surface area contributed by atoms with Crippen molar-refractivity contribution in [3.63, 3.8) is 0 Å². The van der Waals surface area contributed by atoms with E-state index in [1.807, 2.05) is 12.1 Å². The number of methoxy groups -OCH3 is 1. The van der Waals surface area contributed by atoms with Crippen LogP contribution in [0, 0.1) is 0 Å². The van der Waals surface area contributed by atoms with Crippen LogP contribution in [-0.2, 0) is 25.7 Å². The quantitative estimate of drug-likeness (QED) is 0.606. The van der Waals surface area contributed by atoms with Gasteiger partial charge in [0.05, 0.1) is 26.0 Å². The van der Waals surface area contributed by atoms with Gasteiger partial charge in [-0.25, -0.2) is 15.0 Å². The van der Waals surface area contributed by atoms with Crippen LogP contribution in [0.15, 0.2) is 18.3 Å². The third-order valence-electron chi connectivity index (χ3n) is 5.57. The maximum Gasteiger partial charge on any atom is 0.410 e. The molecule has 2 N–H and O–H groups in total. The number of rotatable bonds is 5. The van der Waals surface area contributed by atoms with Crippen LogP contribution in [0.2, 0.25) is 0 Å². The van der Waals surface area contributed by atoms with E-state index in [2.05, 4.69) is 15.3 Å². The first-order chi connectivity index (χ1) is 15.6. The number of pyridine rings is 1. The molecule has 2 saturated heterocycles. The smallest absolute Gasteiger partial charge is 0.410 e. The van der Waals surface area contributed by atoms with Gasteiger partial charge in [0.15, 0.2) is 6.04 Å². The van der Waals surface area contributed by atoms with Crippen molar-refractivity contribution in [2.45, 2.75) is 57.9 Å². The minimum absolute atomic E-state index is 0.0138. The van der Waals surface area contributed by atoms with Gasteiger partial charge in [-0.05, 0) is 45.7 Å². The van der Waals surface area contributed by atoms with Gasteiger partial charge in [-0.1, -0.05) is 0 Å². The second-order valence-corrected chi connectivity index (χ2v) is 9.22. The summed E-state index contributed by atoms with van der Waals surface area (Å²) in [7, 11) is 1.26. The van der Waals surface area contributed by atoms with Crippen LogP contribution in [0.4, 0.5) is 10.5 Å². The van der Waals surface area contributed by atoms with Crippen molar-refractivity contribution in [3.05, 3.63) is 24.0 Å². The van der Waals surface area contributed by atoms with Gasteiger partial charge in [-0.3, -0.25) is 19.7 Å². The number of aliphatic hydroxyl groups is 1. The fourth-order valence-corrected chi connectivity index (χ4v) is 3.92. The summed E-state index contributed by atoms with van der Waals surface area (Å²) in [5.41, 5.74) is 4.09. The molecule has 0 bridgehead atoms. The van der Waals surface area contributed by atoms with Crippen molar-refractivity contribution in [2.75, 3.05) is 38.2 Å². The lowest BCUT2D eigenvalue weighted by atomic mass is 10.0. The van der Waals surface area contributed by atoms with Crippen molar-refractivity contribution >= 4 is 23.7 Å². The summed E-state index contributed by atoms with van der Waals surface area (Å²) in [6.45, 7) is 6.39. The highest BCUT2D eigenvalue weighted by Crippen LogP contribution is 2.22. The summed E-state index contributed by atoms with van der Waals surface area (Å²) >= 11 is 0. The van der Waals surface area contributed by atoms with E-state index in [1.54, 1.807) is 27.0 Å². The number of hydrogen-bond acceptors (Lipinski definition) is 9. The van der Waals surface area contributed by atoms with Gasteiger partial charge in [0.1, 0.15) is 12.1 Å². The van der Waals surface area contributed by atoms with E-state index in [0.717, 1.165) is 31.6 Å². The third kappa shape index (κ3) is 6.32. The molecule has 1 aromatic rings. The van der Waals surface area contributed by atoms with E-state index < -0.39 is 29.6 Å². The van der Waals surface area contributed by atoms with Gasteiger partial charge in [0.25, 0.3) is 5.91 Å². The van der Waals surface area contributed by atoms with Crippen molar-refractivity contribution < 1.29 is 29.0 Å². The average molecular weight is 464 g/mol. The van der Waals surface area contributed by atoms with E-state index in [-0.39, 0.29) is 25.7 Å². The fourth-order valence-electron chi connectivity index (χ4n) is 3.92. The summed E-state index contributed by atoms with van der Waals surface area (Å²) in [6.07, 6.45) is 2.51. The van der Waals surface area contributed by atoms with Crippen molar-refractivity contribution in [3.8, 4) is 0 Å². The van der Waals surface area contributed by atoms with E-state index in [4.69, 9.17) is 9.47 Å². The van der Waals surface area contributed by atoms with Gasteiger partial charge in [-0.2, -0.15) is 0 Å². The molecule has 1 atom stereocenters. The zero-order valence-corrected chi connectivity index (χ0v) is 19.6. The topological polar surface area (TPSA) is 125 Å². The third-order valence-corrected chi connectivity index (χ3v) is 5.57. The second kappa shape index (κ2) is 10.3. The lowest BCUT2D eigenvalue weighted by Crippen LogP contribution is -2.67. The van der Waals surface area contributed by atoms with Gasteiger partial charge in [-0.15, -0.1) is 0 Å². The monoisotopic (exact) mass is 463 g/mol. The SMILES string of the molecule is COC(=O)C1CN(C(=O)OC(C)(C)C)CC(=O)N1NC1CCN(c2ccnc(CO)c2)CC1. The Kier molecular flexibility index (Phi) is 7.75. The van der Waals surface area contributed by atoms with Gasteiger partial charge >= 0.3 is 12.1 Å². The average Bonchev–Trinajstić information content (AvgIpc) is 2.79. The maximum absolute atomic E-state index is 12.9. The molecule has 3 heterocycles. The van der Waals surface area contributed by atoms with Crippen LogP contribution in [-0.4, -0.2) is 88.9 Å². The van der Waals surface area contributed by atoms with Crippen molar-refractivity contribution in [1.82, 2.24) is 20.3 Å². The minimum Gasteiger partial charge on any atom is -0.467 e. The van der Waals surface area contributed by atoms with Gasteiger partial charge in [0, 0.05) is 31.0 Å². The summed E-state index contributed by atoms with van der Waals surface area (Å²) in [6, 6.07) is 2.78. The minimum atomic E-state index is -0.964. The van der Waals surface area contributed by atoms with Crippen molar-refractivity contribution in [2.24, 2.45) is 0 Å². The number of piperazine rings is 1. The number of hydrazine groups is 1. The van der Waals surface area contributed by atoms with Crippen molar-refractivity contribution in [1.29, 1.82) is 0 Å². The van der Waals surface area contributed by atoms with E-state index in [1.165, 1.54) is 17.0 Å². The summed E-state index contributed by atoms with van der Waals surface area (Å²) in [5.74, 6) is -0.999. The Hall–Kier alpha value is -2.92. The molecule has 33 heavy (non-hydrogen) atoms. The largest absolute Gasteiger partial charge is 0.467 e. The Balaban J connectivity index is 1.63. The molecule has 3 rings (SSSR count). The molecule has 0 radical (unpaired) electrons. The molecule has 2 aliphatic heterocycles. The number of nitrogens with zero attached hydrogens (tertiary/aromatic N) is 4. The number of hydrogen-bond donors (Lipinski definition) is 2. The lowest BCUT2D eigenvalue weighted by Gasteiger charge is -2.43. The summed E-state index contributed by atoms with van der Waals surface area (Å²) < 4.78 is 10.3. The first kappa shape index (κ1) is 24.7. The van der Waals surface area contributed by atoms with Crippen LogP contribution in [0.25, 0.3) is 0 Å². The first-order valence-corrected chi connectivity index (χ1v) is 11.1. The molecule has 11 heteroatoms. The Bertz CT molecular complexity index is 865. The molecule has 2 fully saturated rings. The number of anilines is 1. The summed E-state index contributed by atoms with van der Waals surface area (Å²) in [4.78, 5) is 45.3. The molecular weight excluding hydrogens is 430 g/mol. The number of aliphatic hydroxyl groups excluding tert-OH is 1. The molecule has 0 saturated carbocycles. The van der Waals surface area contributed by atoms with E-state index in [9.17, 15) is 19.5 Å². The van der Waals surface area contributed by atoms with Crippen LogP contribution in [0.3, 0.4) is 0 Å². The number of aromatic nitrogens is 1. The second-order valence-electron chi connectivity index (χ2n) is 9.22. The van der Waals surface area contributed by atoms with E-state index in [0.29, 0.717) is 5.69 Å². The predicted molar refractivity (Wildman–Crippen MR) is 119 cm³/mol. The number of piperidine rings is 1. The maximum atomic E-state index is 12.9. The number of ether oxygens (including phenoxy) is 2. The van der Waals surface area contributed by atoms with Gasteiger partial charge < -0.3 is 19.5 Å². The fraction of sp³-hybridized carbons (Fsp3) is 0.636. The molecule has 182 valence electrons. The number of amides is 2. The number of nitrogens with one attached hydrogen (secondary N) is 1. The van der Waals surface area contributed by atoms with Crippen LogP contribution in [0.1, 0.15) is 39.3 Å².